The molecule has 64 valence electrons. The van der Waals surface area contributed by atoms with Gasteiger partial charge in [-0.15, -0.1) is 12.6 Å². The van der Waals surface area contributed by atoms with Gasteiger partial charge in [0.1, 0.15) is 4.90 Å². The van der Waals surface area contributed by atoms with Crippen molar-refractivity contribution >= 4 is 41.5 Å². The molecule has 0 saturated heterocycles. The minimum absolute atomic E-state index is 0.131. The average Bonchev–Trinajstić information content (AvgIpc) is 1.96. The highest BCUT2D eigenvalue weighted by Crippen LogP contribution is 2.33. The van der Waals surface area contributed by atoms with Crippen molar-refractivity contribution in [3.63, 3.8) is 0 Å². The molecular formula is C6H3Cl2NO2S. The highest BCUT2D eigenvalue weighted by Gasteiger charge is 2.14. The molecule has 6 heteroatoms. The normalized spacial score (nSPS) is 9.92. The van der Waals surface area contributed by atoms with Crippen molar-refractivity contribution < 1.29 is 4.92 Å². The fourth-order valence-corrected chi connectivity index (χ4v) is 1.38. The number of benzene rings is 1. The number of rotatable bonds is 1. The Balaban J connectivity index is 3.37. The molecular weight excluding hydrogens is 221 g/mol. The van der Waals surface area contributed by atoms with E-state index in [4.69, 9.17) is 23.2 Å². The Morgan fingerprint density at radius 2 is 2.00 bits per heavy atom. The summed E-state index contributed by atoms with van der Waals surface area (Å²) < 4.78 is 0. The van der Waals surface area contributed by atoms with Crippen molar-refractivity contribution in [3.05, 3.63) is 32.3 Å². The fourth-order valence-electron chi connectivity index (χ4n) is 0.692. The van der Waals surface area contributed by atoms with Crippen LogP contribution in [-0.2, 0) is 0 Å². The van der Waals surface area contributed by atoms with E-state index in [-0.39, 0.29) is 20.6 Å². The zero-order chi connectivity index (χ0) is 9.30. The molecule has 1 aromatic rings. The predicted octanol–water partition coefficient (Wildman–Crippen LogP) is 3.19. The zero-order valence-corrected chi connectivity index (χ0v) is 8.03. The summed E-state index contributed by atoms with van der Waals surface area (Å²) in [5, 5.41) is 10.8. The van der Waals surface area contributed by atoms with Gasteiger partial charge in [0, 0.05) is 11.1 Å². The molecule has 1 aromatic carbocycles. The number of thiol groups is 1. The van der Waals surface area contributed by atoms with Crippen LogP contribution in [0.15, 0.2) is 17.0 Å². The molecule has 0 saturated carbocycles. The van der Waals surface area contributed by atoms with Gasteiger partial charge < -0.3 is 0 Å². The lowest BCUT2D eigenvalue weighted by atomic mass is 10.3. The van der Waals surface area contributed by atoms with Gasteiger partial charge in [-0.25, -0.2) is 0 Å². The minimum Gasteiger partial charge on any atom is -0.258 e. The maximum atomic E-state index is 10.4. The first-order chi connectivity index (χ1) is 5.52. The van der Waals surface area contributed by atoms with Crippen molar-refractivity contribution in [2.24, 2.45) is 0 Å². The first-order valence-electron chi connectivity index (χ1n) is 2.85. The number of halogens is 2. The Hall–Kier alpha value is -0.450. The third-order valence-electron chi connectivity index (χ3n) is 1.20. The molecule has 0 aromatic heterocycles. The largest absolute Gasteiger partial charge is 0.285 e. The van der Waals surface area contributed by atoms with Gasteiger partial charge in [0.25, 0.3) is 5.69 Å². The molecule has 0 amide bonds. The smallest absolute Gasteiger partial charge is 0.258 e. The SMILES string of the molecule is O=[N+]([O-])c1cc(Cl)cc(Cl)c1S. The van der Waals surface area contributed by atoms with Crippen LogP contribution in [-0.4, -0.2) is 4.92 Å². The second-order valence-corrected chi connectivity index (χ2v) is 3.30. The summed E-state index contributed by atoms with van der Waals surface area (Å²) in [5.41, 5.74) is -0.184. The van der Waals surface area contributed by atoms with Crippen LogP contribution in [0.1, 0.15) is 0 Å². The van der Waals surface area contributed by atoms with Crippen LogP contribution >= 0.6 is 35.8 Å². The molecule has 0 bridgehead atoms. The van der Waals surface area contributed by atoms with E-state index in [0.29, 0.717) is 0 Å². The van der Waals surface area contributed by atoms with E-state index in [1.165, 1.54) is 12.1 Å². The standard InChI is InChI=1S/C6H3Cl2NO2S/c7-3-1-4(8)6(12)5(2-3)9(10)11/h1-2,12H. The highest BCUT2D eigenvalue weighted by molar-refractivity contribution is 7.80. The first kappa shape index (κ1) is 9.64. The Morgan fingerprint density at radius 1 is 1.42 bits per heavy atom. The quantitative estimate of drug-likeness (QED) is 0.452. The van der Waals surface area contributed by atoms with Gasteiger partial charge in [0.2, 0.25) is 0 Å². The van der Waals surface area contributed by atoms with Crippen molar-refractivity contribution in [2.45, 2.75) is 4.90 Å². The van der Waals surface area contributed by atoms with Crippen LogP contribution in [0.2, 0.25) is 10.0 Å². The third-order valence-corrected chi connectivity index (χ3v) is 2.32. The molecule has 3 nitrogen and oxygen atoms in total. The second kappa shape index (κ2) is 3.51. The van der Waals surface area contributed by atoms with Crippen LogP contribution < -0.4 is 0 Å². The van der Waals surface area contributed by atoms with E-state index in [0.717, 1.165) is 0 Å². The van der Waals surface area contributed by atoms with Crippen LogP contribution in [0.3, 0.4) is 0 Å². The molecule has 0 fully saturated rings. The molecule has 0 unspecified atom stereocenters. The van der Waals surface area contributed by atoms with Gasteiger partial charge in [0.15, 0.2) is 0 Å². The molecule has 0 radical (unpaired) electrons. The predicted molar refractivity (Wildman–Crippen MR) is 50.4 cm³/mol. The van der Waals surface area contributed by atoms with Crippen LogP contribution in [0.5, 0.6) is 0 Å². The molecule has 0 N–H and O–H groups in total. The Bertz CT molecular complexity index is 343. The van der Waals surface area contributed by atoms with Crippen molar-refractivity contribution in [3.8, 4) is 0 Å². The van der Waals surface area contributed by atoms with Crippen molar-refractivity contribution in [2.75, 3.05) is 0 Å². The minimum atomic E-state index is -0.583. The van der Waals surface area contributed by atoms with E-state index in [1.54, 1.807) is 0 Å². The van der Waals surface area contributed by atoms with E-state index in [9.17, 15) is 10.1 Å². The summed E-state index contributed by atoms with van der Waals surface area (Å²) in [6.45, 7) is 0. The maximum absolute atomic E-state index is 10.4. The Kier molecular flexibility index (Phi) is 2.82. The first-order valence-corrected chi connectivity index (χ1v) is 4.05. The van der Waals surface area contributed by atoms with E-state index in [2.05, 4.69) is 12.6 Å². The summed E-state index contributed by atoms with van der Waals surface area (Å²) in [6.07, 6.45) is 0. The summed E-state index contributed by atoms with van der Waals surface area (Å²) in [5.74, 6) is 0. The van der Waals surface area contributed by atoms with E-state index < -0.39 is 4.92 Å². The number of nitro benzene ring substituents is 1. The average molecular weight is 224 g/mol. The van der Waals surface area contributed by atoms with Gasteiger partial charge in [-0.2, -0.15) is 0 Å². The van der Waals surface area contributed by atoms with Gasteiger partial charge >= 0.3 is 0 Å². The summed E-state index contributed by atoms with van der Waals surface area (Å²) >= 11 is 15.0. The van der Waals surface area contributed by atoms with Gasteiger partial charge in [-0.05, 0) is 6.07 Å². The van der Waals surface area contributed by atoms with E-state index >= 15 is 0 Å². The molecule has 0 aliphatic carbocycles. The molecule has 0 spiro atoms. The monoisotopic (exact) mass is 223 g/mol. The zero-order valence-electron chi connectivity index (χ0n) is 5.62. The van der Waals surface area contributed by atoms with Gasteiger partial charge in [-0.3, -0.25) is 10.1 Å². The molecule has 0 aliphatic heterocycles. The van der Waals surface area contributed by atoms with Gasteiger partial charge in [-0.1, -0.05) is 23.2 Å². The number of hydrogen-bond acceptors (Lipinski definition) is 3. The van der Waals surface area contributed by atoms with E-state index in [1.807, 2.05) is 0 Å². The van der Waals surface area contributed by atoms with Crippen molar-refractivity contribution in [1.82, 2.24) is 0 Å². The summed E-state index contributed by atoms with van der Waals surface area (Å²) in [4.78, 5) is 9.91. The molecule has 0 atom stereocenters. The third kappa shape index (κ3) is 1.83. The summed E-state index contributed by atoms with van der Waals surface area (Å²) in [7, 11) is 0. The maximum Gasteiger partial charge on any atom is 0.285 e. The number of hydrogen-bond donors (Lipinski definition) is 1. The number of nitrogens with zero attached hydrogens (tertiary/aromatic N) is 1. The van der Waals surface area contributed by atoms with Gasteiger partial charge in [0.05, 0.1) is 9.95 Å². The number of nitro groups is 1. The topological polar surface area (TPSA) is 43.1 Å². The second-order valence-electron chi connectivity index (χ2n) is 2.01. The molecule has 0 heterocycles. The van der Waals surface area contributed by atoms with Crippen LogP contribution in [0.4, 0.5) is 5.69 Å². The molecule has 12 heavy (non-hydrogen) atoms. The molecule has 1 rings (SSSR count). The van der Waals surface area contributed by atoms with Crippen molar-refractivity contribution in [1.29, 1.82) is 0 Å². The Morgan fingerprint density at radius 3 is 2.50 bits per heavy atom. The lowest BCUT2D eigenvalue weighted by Crippen LogP contribution is -1.89. The fraction of sp³-hybridized carbons (Fsp3) is 0. The highest BCUT2D eigenvalue weighted by atomic mass is 35.5. The van der Waals surface area contributed by atoms with Crippen LogP contribution in [0.25, 0.3) is 0 Å². The van der Waals surface area contributed by atoms with Crippen LogP contribution in [0, 0.1) is 10.1 Å². The summed E-state index contributed by atoms with van der Waals surface area (Å²) in [6, 6.07) is 2.61. The lowest BCUT2D eigenvalue weighted by Gasteiger charge is -1.98. The Labute approximate surface area is 83.8 Å². The lowest BCUT2D eigenvalue weighted by molar-refractivity contribution is -0.387. The molecule has 0 aliphatic rings.